The summed E-state index contributed by atoms with van der Waals surface area (Å²) in [7, 11) is 0. The molecule has 0 fully saturated rings. The van der Waals surface area contributed by atoms with Gasteiger partial charge in [0.2, 0.25) is 0 Å². The van der Waals surface area contributed by atoms with Crippen LogP contribution in [0.4, 0.5) is 0 Å². The van der Waals surface area contributed by atoms with Gasteiger partial charge in [0, 0.05) is 4.47 Å². The largest absolute Gasteiger partial charge is 0.490 e. The predicted molar refractivity (Wildman–Crippen MR) is 95.1 cm³/mol. The summed E-state index contributed by atoms with van der Waals surface area (Å²) in [4.78, 5) is 0. The zero-order valence-corrected chi connectivity index (χ0v) is 15.2. The fourth-order valence-electron chi connectivity index (χ4n) is 2.26. The maximum atomic E-state index is 9.12. The predicted octanol–water partition coefficient (Wildman–Crippen LogP) is 5.21. The molecule has 0 atom stereocenters. The molecule has 0 unspecified atom stereocenters. The van der Waals surface area contributed by atoms with E-state index in [1.807, 2.05) is 6.07 Å². The second-order valence-corrected chi connectivity index (χ2v) is 6.56. The lowest BCUT2D eigenvalue weighted by Crippen LogP contribution is -2.11. The molecule has 0 N–H and O–H groups in total. The number of hydrogen-bond acceptors (Lipinski definition) is 3. The van der Waals surface area contributed by atoms with Crippen LogP contribution >= 0.6 is 15.9 Å². The third-order valence-electron chi connectivity index (χ3n) is 3.45. The van der Waals surface area contributed by atoms with Crippen molar-refractivity contribution in [3.05, 3.63) is 57.6 Å². The number of nitrogens with zero attached hydrogens (tertiary/aromatic N) is 1. The molecule has 0 aliphatic carbocycles. The van der Waals surface area contributed by atoms with Crippen molar-refractivity contribution < 1.29 is 9.47 Å². The Bertz CT molecular complexity index is 720. The van der Waals surface area contributed by atoms with Crippen LogP contribution in [0.2, 0.25) is 0 Å². The molecular weight excluding hydrogens is 354 g/mol. The van der Waals surface area contributed by atoms with Crippen LogP contribution < -0.4 is 9.47 Å². The third-order valence-corrected chi connectivity index (χ3v) is 3.94. The van der Waals surface area contributed by atoms with Crippen molar-refractivity contribution in [1.82, 2.24) is 0 Å². The molecule has 2 rings (SSSR count). The fourth-order valence-corrected chi connectivity index (χ4v) is 2.62. The second kappa shape index (κ2) is 8.03. The van der Waals surface area contributed by atoms with E-state index in [1.54, 1.807) is 12.1 Å². The van der Waals surface area contributed by atoms with Crippen LogP contribution in [-0.4, -0.2) is 13.2 Å². The van der Waals surface area contributed by atoms with Gasteiger partial charge in [0.05, 0.1) is 5.56 Å². The summed E-state index contributed by atoms with van der Waals surface area (Å²) in [5.74, 6) is 1.88. The minimum Gasteiger partial charge on any atom is -0.490 e. The number of rotatable bonds is 6. The Labute approximate surface area is 146 Å². The van der Waals surface area contributed by atoms with Crippen LogP contribution in [0.5, 0.6) is 11.5 Å². The molecule has 0 amide bonds. The number of ether oxygens (including phenoxy) is 2. The summed E-state index contributed by atoms with van der Waals surface area (Å²) in [6, 6.07) is 13.8. The molecule has 0 saturated carbocycles. The number of benzene rings is 2. The van der Waals surface area contributed by atoms with Crippen molar-refractivity contribution in [2.75, 3.05) is 13.2 Å². The summed E-state index contributed by atoms with van der Waals surface area (Å²) in [6.45, 7) is 7.17. The minimum atomic E-state index is 0.391. The van der Waals surface area contributed by atoms with Crippen LogP contribution in [0.25, 0.3) is 0 Å². The van der Waals surface area contributed by atoms with Crippen LogP contribution in [-0.2, 0) is 0 Å². The molecule has 0 aliphatic heterocycles. The van der Waals surface area contributed by atoms with Crippen LogP contribution in [0.1, 0.15) is 36.5 Å². The van der Waals surface area contributed by atoms with Crippen LogP contribution in [0.3, 0.4) is 0 Å². The topological polar surface area (TPSA) is 42.2 Å². The Kier molecular flexibility index (Phi) is 6.06. The summed E-state index contributed by atoms with van der Waals surface area (Å²) in [5.41, 5.74) is 2.87. The highest BCUT2D eigenvalue weighted by molar-refractivity contribution is 9.10. The van der Waals surface area contributed by atoms with Crippen LogP contribution in [0, 0.1) is 18.3 Å². The van der Waals surface area contributed by atoms with E-state index in [0.717, 1.165) is 10.2 Å². The molecule has 0 aliphatic rings. The van der Waals surface area contributed by atoms with E-state index in [0.29, 0.717) is 30.4 Å². The highest BCUT2D eigenvalue weighted by atomic mass is 79.9. The lowest BCUT2D eigenvalue weighted by atomic mass is 10.0. The van der Waals surface area contributed by atoms with Gasteiger partial charge in [-0.25, -0.2) is 0 Å². The molecule has 0 radical (unpaired) electrons. The first-order valence-corrected chi connectivity index (χ1v) is 8.36. The minimum absolute atomic E-state index is 0.391. The smallest absolute Gasteiger partial charge is 0.137 e. The standard InChI is InChI=1S/C19H20BrNO2/c1-13(2)17-6-4-14(3)10-19(17)23-9-8-22-18-7-5-16(20)11-15(18)12-21/h4-7,10-11,13H,8-9H2,1-3H3. The third kappa shape index (κ3) is 4.74. The quantitative estimate of drug-likeness (QED) is 0.652. The Morgan fingerprint density at radius 3 is 2.39 bits per heavy atom. The number of nitriles is 1. The van der Waals surface area contributed by atoms with Gasteiger partial charge in [-0.3, -0.25) is 0 Å². The van der Waals surface area contributed by atoms with Gasteiger partial charge >= 0.3 is 0 Å². The van der Waals surface area contributed by atoms with Gasteiger partial charge in [-0.2, -0.15) is 5.26 Å². The lowest BCUT2D eigenvalue weighted by molar-refractivity contribution is 0.215. The maximum absolute atomic E-state index is 9.12. The molecule has 0 spiro atoms. The number of halogens is 1. The van der Waals surface area contributed by atoms with Crippen molar-refractivity contribution in [3.8, 4) is 17.6 Å². The second-order valence-electron chi connectivity index (χ2n) is 5.65. The molecule has 0 saturated heterocycles. The Hall–Kier alpha value is -1.99. The summed E-state index contributed by atoms with van der Waals surface area (Å²) in [5, 5.41) is 9.12. The van der Waals surface area contributed by atoms with E-state index in [4.69, 9.17) is 14.7 Å². The molecule has 2 aromatic carbocycles. The first kappa shape index (κ1) is 17.4. The van der Waals surface area contributed by atoms with Crippen molar-refractivity contribution in [3.63, 3.8) is 0 Å². The summed E-state index contributed by atoms with van der Waals surface area (Å²) < 4.78 is 12.4. The number of hydrogen-bond donors (Lipinski definition) is 0. The zero-order chi connectivity index (χ0) is 16.8. The van der Waals surface area contributed by atoms with Crippen LogP contribution in [0.15, 0.2) is 40.9 Å². The highest BCUT2D eigenvalue weighted by Crippen LogP contribution is 2.27. The van der Waals surface area contributed by atoms with Gasteiger partial charge in [0.15, 0.2) is 0 Å². The normalized spacial score (nSPS) is 10.4. The van der Waals surface area contributed by atoms with Gasteiger partial charge in [-0.05, 0) is 48.2 Å². The molecular formula is C19H20BrNO2. The Morgan fingerprint density at radius 1 is 1.04 bits per heavy atom. The van der Waals surface area contributed by atoms with Gasteiger partial charge in [0.25, 0.3) is 0 Å². The van der Waals surface area contributed by atoms with Gasteiger partial charge < -0.3 is 9.47 Å². The SMILES string of the molecule is Cc1ccc(C(C)C)c(OCCOc2ccc(Br)cc2C#N)c1. The van der Waals surface area contributed by atoms with E-state index in [-0.39, 0.29) is 0 Å². The van der Waals surface area contributed by atoms with E-state index >= 15 is 0 Å². The molecule has 0 bridgehead atoms. The van der Waals surface area contributed by atoms with E-state index in [1.165, 1.54) is 11.1 Å². The van der Waals surface area contributed by atoms with Gasteiger partial charge in [0.1, 0.15) is 30.8 Å². The van der Waals surface area contributed by atoms with Crippen molar-refractivity contribution in [2.24, 2.45) is 0 Å². The van der Waals surface area contributed by atoms with Gasteiger partial charge in [-0.15, -0.1) is 0 Å². The number of aryl methyl sites for hydroxylation is 1. The lowest BCUT2D eigenvalue weighted by Gasteiger charge is -2.15. The first-order valence-electron chi connectivity index (χ1n) is 7.57. The molecule has 4 heteroatoms. The molecule has 0 heterocycles. The Balaban J connectivity index is 1.96. The van der Waals surface area contributed by atoms with Crippen molar-refractivity contribution >= 4 is 15.9 Å². The average Bonchev–Trinajstić information content (AvgIpc) is 2.52. The van der Waals surface area contributed by atoms with E-state index in [9.17, 15) is 0 Å². The molecule has 0 aromatic heterocycles. The monoisotopic (exact) mass is 373 g/mol. The Morgan fingerprint density at radius 2 is 1.74 bits per heavy atom. The van der Waals surface area contributed by atoms with Crippen molar-refractivity contribution in [1.29, 1.82) is 5.26 Å². The highest BCUT2D eigenvalue weighted by Gasteiger charge is 2.09. The average molecular weight is 374 g/mol. The zero-order valence-electron chi connectivity index (χ0n) is 13.6. The van der Waals surface area contributed by atoms with E-state index in [2.05, 4.69) is 61.0 Å². The van der Waals surface area contributed by atoms with E-state index < -0.39 is 0 Å². The summed E-state index contributed by atoms with van der Waals surface area (Å²) >= 11 is 3.35. The molecule has 3 nitrogen and oxygen atoms in total. The molecule has 2 aromatic rings. The van der Waals surface area contributed by atoms with Gasteiger partial charge in [-0.1, -0.05) is 41.9 Å². The first-order chi connectivity index (χ1) is 11.0. The molecule has 120 valence electrons. The molecule has 23 heavy (non-hydrogen) atoms. The summed E-state index contributed by atoms with van der Waals surface area (Å²) in [6.07, 6.45) is 0. The maximum Gasteiger partial charge on any atom is 0.137 e. The van der Waals surface area contributed by atoms with Crippen molar-refractivity contribution in [2.45, 2.75) is 26.7 Å². The fraction of sp³-hybridized carbons (Fsp3) is 0.316.